The molecule has 6 nitrogen and oxygen atoms in total. The molecule has 1 aromatic carbocycles. The lowest BCUT2D eigenvalue weighted by atomic mass is 10.2. The molecule has 3 rings (SSSR count). The minimum Gasteiger partial charge on any atom is -0.419 e. The molecule has 0 saturated carbocycles. The minimum atomic E-state index is -0.0810. The van der Waals surface area contributed by atoms with Gasteiger partial charge in [-0.15, -0.1) is 10.2 Å². The van der Waals surface area contributed by atoms with Gasteiger partial charge in [-0.1, -0.05) is 29.8 Å². The Kier molecular flexibility index (Phi) is 5.18. The van der Waals surface area contributed by atoms with E-state index >= 15 is 0 Å². The number of hydrogen-bond acceptors (Lipinski definition) is 5. The van der Waals surface area contributed by atoms with Crippen molar-refractivity contribution in [3.63, 3.8) is 0 Å². The lowest BCUT2D eigenvalue weighted by Crippen LogP contribution is -2.23. The van der Waals surface area contributed by atoms with Gasteiger partial charge >= 0.3 is 0 Å². The number of halogens is 1. The monoisotopic (exact) mass is 342 g/mol. The van der Waals surface area contributed by atoms with Gasteiger partial charge in [-0.05, 0) is 29.8 Å². The van der Waals surface area contributed by atoms with Gasteiger partial charge < -0.3 is 9.73 Å². The fourth-order valence-corrected chi connectivity index (χ4v) is 2.19. The Morgan fingerprint density at radius 1 is 1.12 bits per heavy atom. The van der Waals surface area contributed by atoms with E-state index < -0.39 is 0 Å². The lowest BCUT2D eigenvalue weighted by Gasteiger charge is -2.04. The number of aromatic nitrogens is 3. The number of nitrogens with one attached hydrogen (secondary N) is 1. The number of carbonyl (C=O) groups is 1. The molecule has 0 bridgehead atoms. The van der Waals surface area contributed by atoms with E-state index in [1.165, 1.54) is 0 Å². The number of hydrogen-bond donors (Lipinski definition) is 1. The molecule has 0 aliphatic heterocycles. The fourth-order valence-electron chi connectivity index (χ4n) is 2.06. The summed E-state index contributed by atoms with van der Waals surface area (Å²) >= 11 is 5.82. The van der Waals surface area contributed by atoms with Crippen LogP contribution in [-0.4, -0.2) is 21.1 Å². The van der Waals surface area contributed by atoms with Crippen molar-refractivity contribution >= 4 is 17.5 Å². The predicted molar refractivity (Wildman–Crippen MR) is 89.1 cm³/mol. The second-order valence-corrected chi connectivity index (χ2v) is 5.56. The van der Waals surface area contributed by atoms with Crippen molar-refractivity contribution in [1.29, 1.82) is 0 Å². The van der Waals surface area contributed by atoms with Crippen molar-refractivity contribution in [1.82, 2.24) is 20.5 Å². The zero-order valence-corrected chi connectivity index (χ0v) is 13.5. The lowest BCUT2D eigenvalue weighted by molar-refractivity contribution is -0.121. The number of aryl methyl sites for hydroxylation is 1. The van der Waals surface area contributed by atoms with Crippen molar-refractivity contribution < 1.29 is 9.21 Å². The highest BCUT2D eigenvalue weighted by atomic mass is 35.5. The van der Waals surface area contributed by atoms with E-state index in [2.05, 4.69) is 20.5 Å². The SMILES string of the molecule is O=C(CCc1nnc(-c2ccccn2)o1)NCc1ccc(Cl)cc1. The summed E-state index contributed by atoms with van der Waals surface area (Å²) in [4.78, 5) is 16.0. The molecule has 2 heterocycles. The molecule has 0 saturated heterocycles. The molecule has 7 heteroatoms. The Hall–Kier alpha value is -2.73. The topological polar surface area (TPSA) is 80.9 Å². The van der Waals surface area contributed by atoms with Crippen molar-refractivity contribution in [2.45, 2.75) is 19.4 Å². The van der Waals surface area contributed by atoms with Crippen LogP contribution in [-0.2, 0) is 17.8 Å². The van der Waals surface area contributed by atoms with Crippen LogP contribution >= 0.6 is 11.6 Å². The third-order valence-corrected chi connectivity index (χ3v) is 3.57. The van der Waals surface area contributed by atoms with Gasteiger partial charge in [0.25, 0.3) is 5.89 Å². The zero-order chi connectivity index (χ0) is 16.8. The molecule has 0 unspecified atom stereocenters. The second-order valence-electron chi connectivity index (χ2n) is 5.12. The average molecular weight is 343 g/mol. The van der Waals surface area contributed by atoms with Crippen molar-refractivity contribution in [2.24, 2.45) is 0 Å². The quantitative estimate of drug-likeness (QED) is 0.744. The largest absolute Gasteiger partial charge is 0.419 e. The van der Waals surface area contributed by atoms with Gasteiger partial charge in [0, 0.05) is 30.6 Å². The van der Waals surface area contributed by atoms with E-state index in [1.54, 1.807) is 24.4 Å². The average Bonchev–Trinajstić information content (AvgIpc) is 3.09. The number of amides is 1. The van der Waals surface area contributed by atoms with Crippen LogP contribution in [0.1, 0.15) is 17.9 Å². The summed E-state index contributed by atoms with van der Waals surface area (Å²) in [5.74, 6) is 0.687. The van der Waals surface area contributed by atoms with Crippen molar-refractivity contribution in [3.05, 3.63) is 65.1 Å². The molecule has 24 heavy (non-hydrogen) atoms. The molecular weight excluding hydrogens is 328 g/mol. The van der Waals surface area contributed by atoms with Crippen LogP contribution in [0.15, 0.2) is 53.1 Å². The van der Waals surface area contributed by atoms with E-state index in [0.717, 1.165) is 5.56 Å². The van der Waals surface area contributed by atoms with Crippen molar-refractivity contribution in [2.75, 3.05) is 0 Å². The standard InChI is InChI=1S/C17H15ClN4O2/c18-13-6-4-12(5-7-13)11-20-15(23)8-9-16-21-22-17(24-16)14-3-1-2-10-19-14/h1-7,10H,8-9,11H2,(H,20,23). The maximum Gasteiger partial charge on any atom is 0.266 e. The molecule has 0 aliphatic rings. The Bertz CT molecular complexity index is 803. The zero-order valence-electron chi connectivity index (χ0n) is 12.8. The van der Waals surface area contributed by atoms with Gasteiger partial charge in [-0.3, -0.25) is 9.78 Å². The number of nitrogens with zero attached hydrogens (tertiary/aromatic N) is 3. The molecular formula is C17H15ClN4O2. The first kappa shape index (κ1) is 16.1. The summed E-state index contributed by atoms with van der Waals surface area (Å²) in [7, 11) is 0. The van der Waals surface area contributed by atoms with Crippen LogP contribution in [0.5, 0.6) is 0 Å². The first-order chi connectivity index (χ1) is 11.7. The molecule has 0 aliphatic carbocycles. The molecule has 2 aromatic heterocycles. The molecule has 0 fully saturated rings. The van der Waals surface area contributed by atoms with Gasteiger partial charge in [0.2, 0.25) is 11.8 Å². The van der Waals surface area contributed by atoms with E-state index in [9.17, 15) is 4.79 Å². The van der Waals surface area contributed by atoms with Crippen LogP contribution < -0.4 is 5.32 Å². The normalized spacial score (nSPS) is 10.5. The molecule has 0 spiro atoms. The number of carbonyl (C=O) groups excluding carboxylic acids is 1. The molecule has 3 aromatic rings. The predicted octanol–water partition coefficient (Wildman–Crippen LogP) is 3.03. The molecule has 1 amide bonds. The number of rotatable bonds is 6. The summed E-state index contributed by atoms with van der Waals surface area (Å²) in [6, 6.07) is 12.8. The fraction of sp³-hybridized carbons (Fsp3) is 0.176. The van der Waals surface area contributed by atoms with Crippen molar-refractivity contribution in [3.8, 4) is 11.6 Å². The molecule has 0 atom stereocenters. The van der Waals surface area contributed by atoms with E-state index in [1.807, 2.05) is 24.3 Å². The van der Waals surface area contributed by atoms with Gasteiger partial charge in [-0.2, -0.15) is 0 Å². The first-order valence-corrected chi connectivity index (χ1v) is 7.83. The van der Waals surface area contributed by atoms with Gasteiger partial charge in [0.15, 0.2) is 0 Å². The van der Waals surface area contributed by atoms with Crippen LogP contribution in [0, 0.1) is 0 Å². The summed E-state index contributed by atoms with van der Waals surface area (Å²) in [5, 5.41) is 11.4. The Labute approximate surface area is 143 Å². The molecule has 1 N–H and O–H groups in total. The number of pyridine rings is 1. The number of benzene rings is 1. The highest BCUT2D eigenvalue weighted by Crippen LogP contribution is 2.15. The van der Waals surface area contributed by atoms with Crippen LogP contribution in [0.2, 0.25) is 5.02 Å². The Balaban J connectivity index is 1.48. The van der Waals surface area contributed by atoms with Gasteiger partial charge in [0.1, 0.15) is 5.69 Å². The Morgan fingerprint density at radius 2 is 1.96 bits per heavy atom. The maximum absolute atomic E-state index is 11.9. The molecule has 122 valence electrons. The highest BCUT2D eigenvalue weighted by Gasteiger charge is 2.11. The maximum atomic E-state index is 11.9. The van der Waals surface area contributed by atoms with E-state index in [-0.39, 0.29) is 12.3 Å². The van der Waals surface area contributed by atoms with Gasteiger partial charge in [-0.25, -0.2) is 0 Å². The summed E-state index contributed by atoms with van der Waals surface area (Å²) in [5.41, 5.74) is 1.60. The first-order valence-electron chi connectivity index (χ1n) is 7.45. The van der Waals surface area contributed by atoms with Crippen LogP contribution in [0.25, 0.3) is 11.6 Å². The minimum absolute atomic E-state index is 0.0810. The third kappa shape index (κ3) is 4.39. The van der Waals surface area contributed by atoms with E-state index in [4.69, 9.17) is 16.0 Å². The second kappa shape index (κ2) is 7.70. The molecule has 0 radical (unpaired) electrons. The summed E-state index contributed by atoms with van der Waals surface area (Å²) < 4.78 is 5.52. The van der Waals surface area contributed by atoms with Crippen LogP contribution in [0.3, 0.4) is 0 Å². The third-order valence-electron chi connectivity index (χ3n) is 3.32. The Morgan fingerprint density at radius 3 is 2.71 bits per heavy atom. The summed E-state index contributed by atoms with van der Waals surface area (Å²) in [6.07, 6.45) is 2.31. The van der Waals surface area contributed by atoms with E-state index in [0.29, 0.717) is 35.5 Å². The smallest absolute Gasteiger partial charge is 0.266 e. The van der Waals surface area contributed by atoms with Crippen LogP contribution in [0.4, 0.5) is 0 Å². The van der Waals surface area contributed by atoms with Gasteiger partial charge in [0.05, 0.1) is 0 Å². The highest BCUT2D eigenvalue weighted by molar-refractivity contribution is 6.30. The summed E-state index contributed by atoms with van der Waals surface area (Å²) in [6.45, 7) is 0.457.